The van der Waals surface area contributed by atoms with E-state index in [-0.39, 0.29) is 0 Å². The van der Waals surface area contributed by atoms with E-state index in [1.807, 2.05) is 0 Å². The van der Waals surface area contributed by atoms with Gasteiger partial charge in [0.25, 0.3) is 0 Å². The molecule has 0 fully saturated rings. The molecule has 0 spiro atoms. The smallest absolute Gasteiger partial charge is 0.145 e. The molecule has 418 valence electrons. The molecule has 18 rings (SSSR count). The van der Waals surface area contributed by atoms with Gasteiger partial charge in [-0.1, -0.05) is 255 Å². The first kappa shape index (κ1) is 51.3. The van der Waals surface area contributed by atoms with E-state index in [4.69, 9.17) is 9.97 Å². The summed E-state index contributed by atoms with van der Waals surface area (Å²) in [6.45, 7) is 0. The molecule has 0 bridgehead atoms. The number of nitrogens with zero attached hydrogens (tertiary/aromatic N) is 4. The molecular weight excluding hydrogens is 1090 g/mol. The molecule has 2 aromatic heterocycles. The van der Waals surface area contributed by atoms with E-state index in [2.05, 4.69) is 337 Å². The predicted molar refractivity (Wildman–Crippen MR) is 379 cm³/mol. The van der Waals surface area contributed by atoms with Gasteiger partial charge in [-0.3, -0.25) is 9.13 Å². The zero-order valence-electron chi connectivity index (χ0n) is 49.0. The lowest BCUT2D eigenvalue weighted by molar-refractivity contribution is 1.10. The quantitative estimate of drug-likeness (QED) is 0.135. The summed E-state index contributed by atoms with van der Waals surface area (Å²) in [5, 5.41) is 14.7. The monoisotopic (exact) mass is 1140 g/mol. The zero-order chi connectivity index (χ0) is 59.2. The standard InChI is InChI=1S/C86H54N4/c1-4-20-56(21-5-1)81-69-30-14-12-24-65(69)53-76-75(81)52-66-25-13-15-31-70(66)82(76)57-40-44-61(45-41-57)86-88-78-54-64(48-49-80(78)90(86)68-28-8-3-9-29-68)55-36-38-58(39-37-55)83-71-32-16-17-33-72(71)84(74-51-63-23-11-10-22-62(63)50-73(74)83)59-42-46-60(47-43-59)85-87-77-34-18-19-35-79(77)89(85)67-26-6-2-7-27-67/h1-54H. The first-order valence-electron chi connectivity index (χ1n) is 30.9. The van der Waals surface area contributed by atoms with Crippen LogP contribution in [0.2, 0.25) is 0 Å². The minimum Gasteiger partial charge on any atom is -0.292 e. The van der Waals surface area contributed by atoms with E-state index in [1.54, 1.807) is 0 Å². The molecule has 90 heavy (non-hydrogen) atoms. The summed E-state index contributed by atoms with van der Waals surface area (Å²) in [5.74, 6) is 1.81. The van der Waals surface area contributed by atoms with Crippen molar-refractivity contribution >= 4 is 86.7 Å². The van der Waals surface area contributed by atoms with Crippen molar-refractivity contribution in [3.05, 3.63) is 328 Å². The second-order valence-corrected chi connectivity index (χ2v) is 23.6. The molecule has 4 nitrogen and oxygen atoms in total. The lowest BCUT2D eigenvalue weighted by Crippen LogP contribution is -1.97. The summed E-state index contributed by atoms with van der Waals surface area (Å²) in [6.07, 6.45) is 0. The molecule has 2 heterocycles. The minimum absolute atomic E-state index is 0.893. The molecular formula is C86H54N4. The largest absolute Gasteiger partial charge is 0.292 e. The van der Waals surface area contributed by atoms with Crippen LogP contribution >= 0.6 is 0 Å². The Balaban J connectivity index is 0.731. The number of benzene rings is 16. The van der Waals surface area contributed by atoms with E-state index in [9.17, 15) is 0 Å². The third-order valence-corrected chi connectivity index (χ3v) is 18.5. The Hall–Kier alpha value is -12.0. The molecule has 0 N–H and O–H groups in total. The fraction of sp³-hybridized carbons (Fsp3) is 0. The molecule has 0 aliphatic heterocycles. The Morgan fingerprint density at radius 3 is 1.00 bits per heavy atom. The first-order chi connectivity index (χ1) is 44.6. The Morgan fingerprint density at radius 1 is 0.189 bits per heavy atom. The van der Waals surface area contributed by atoms with Crippen LogP contribution in [0.15, 0.2) is 328 Å². The second-order valence-electron chi connectivity index (χ2n) is 23.6. The number of aromatic nitrogens is 4. The van der Waals surface area contributed by atoms with Crippen LogP contribution in [0, 0.1) is 0 Å². The van der Waals surface area contributed by atoms with Crippen LogP contribution in [0.5, 0.6) is 0 Å². The van der Waals surface area contributed by atoms with Crippen LogP contribution in [0.4, 0.5) is 0 Å². The number of fused-ring (bicyclic) bond motifs is 8. The number of hydrogen-bond acceptors (Lipinski definition) is 2. The van der Waals surface area contributed by atoms with E-state index in [1.165, 1.54) is 98.0 Å². The molecule has 0 unspecified atom stereocenters. The van der Waals surface area contributed by atoms with Crippen molar-refractivity contribution in [3.8, 4) is 89.8 Å². The van der Waals surface area contributed by atoms with Gasteiger partial charge in [-0.2, -0.15) is 0 Å². The van der Waals surface area contributed by atoms with Gasteiger partial charge in [0.15, 0.2) is 0 Å². The molecule has 0 saturated carbocycles. The highest BCUT2D eigenvalue weighted by Crippen LogP contribution is 2.48. The molecule has 0 radical (unpaired) electrons. The van der Waals surface area contributed by atoms with Gasteiger partial charge in [0.2, 0.25) is 0 Å². The molecule has 0 aliphatic carbocycles. The van der Waals surface area contributed by atoms with Gasteiger partial charge in [0, 0.05) is 22.5 Å². The van der Waals surface area contributed by atoms with Gasteiger partial charge in [-0.25, -0.2) is 9.97 Å². The van der Waals surface area contributed by atoms with Crippen molar-refractivity contribution in [2.45, 2.75) is 0 Å². The van der Waals surface area contributed by atoms with Crippen LogP contribution < -0.4 is 0 Å². The average Bonchev–Trinajstić information content (AvgIpc) is 1.04. The summed E-state index contributed by atoms with van der Waals surface area (Å²) in [4.78, 5) is 10.7. The van der Waals surface area contributed by atoms with E-state index < -0.39 is 0 Å². The summed E-state index contributed by atoms with van der Waals surface area (Å²) in [5.41, 5.74) is 20.2. The third-order valence-electron chi connectivity index (χ3n) is 18.5. The van der Waals surface area contributed by atoms with Crippen molar-refractivity contribution in [1.82, 2.24) is 19.1 Å². The van der Waals surface area contributed by atoms with Gasteiger partial charge < -0.3 is 0 Å². The van der Waals surface area contributed by atoms with Crippen molar-refractivity contribution in [2.24, 2.45) is 0 Å². The summed E-state index contributed by atoms with van der Waals surface area (Å²) in [6, 6.07) is 119. The SMILES string of the molecule is c1ccc(-c2c3ccccc3cc3c(-c4ccc(-c5nc6cc(-c7ccc(-c8c9ccccc9c(-c9ccc(-c%10nc%11ccccc%11n%10-c%10ccccc%10)cc9)c9cc%10ccccc%10cc89)cc7)ccc6n5-c5ccccc5)cc4)c4ccccc4cc23)cc1. The highest BCUT2D eigenvalue weighted by Gasteiger charge is 2.23. The number of para-hydroxylation sites is 4. The Labute approximate surface area is 520 Å². The normalized spacial score (nSPS) is 11.8. The zero-order valence-corrected chi connectivity index (χ0v) is 49.0. The van der Waals surface area contributed by atoms with Gasteiger partial charge in [0.05, 0.1) is 22.1 Å². The lowest BCUT2D eigenvalue weighted by atomic mass is 9.84. The average molecular weight is 1140 g/mol. The Morgan fingerprint density at radius 2 is 0.511 bits per heavy atom. The number of rotatable bonds is 9. The third kappa shape index (κ3) is 8.38. The van der Waals surface area contributed by atoms with Crippen LogP contribution in [-0.2, 0) is 0 Å². The van der Waals surface area contributed by atoms with Gasteiger partial charge >= 0.3 is 0 Å². The van der Waals surface area contributed by atoms with Gasteiger partial charge in [0.1, 0.15) is 11.6 Å². The van der Waals surface area contributed by atoms with Crippen molar-refractivity contribution in [3.63, 3.8) is 0 Å². The first-order valence-corrected chi connectivity index (χ1v) is 30.9. The lowest BCUT2D eigenvalue weighted by Gasteiger charge is -2.19. The number of hydrogen-bond donors (Lipinski definition) is 0. The number of imidazole rings is 2. The second kappa shape index (κ2) is 20.9. The molecule has 16 aromatic carbocycles. The highest BCUT2D eigenvalue weighted by molar-refractivity contribution is 6.25. The summed E-state index contributed by atoms with van der Waals surface area (Å²) >= 11 is 0. The van der Waals surface area contributed by atoms with Crippen LogP contribution in [0.3, 0.4) is 0 Å². The van der Waals surface area contributed by atoms with Crippen molar-refractivity contribution < 1.29 is 0 Å². The van der Waals surface area contributed by atoms with E-state index >= 15 is 0 Å². The molecule has 0 saturated heterocycles. The van der Waals surface area contributed by atoms with Crippen LogP contribution in [0.25, 0.3) is 176 Å². The summed E-state index contributed by atoms with van der Waals surface area (Å²) < 4.78 is 4.58. The Bertz CT molecular complexity index is 5850. The van der Waals surface area contributed by atoms with E-state index in [0.717, 1.165) is 78.5 Å². The fourth-order valence-electron chi connectivity index (χ4n) is 14.3. The minimum atomic E-state index is 0.893. The predicted octanol–water partition coefficient (Wildman–Crippen LogP) is 23.0. The topological polar surface area (TPSA) is 35.6 Å². The maximum atomic E-state index is 5.52. The highest BCUT2D eigenvalue weighted by atomic mass is 15.1. The molecule has 18 aromatic rings. The molecule has 0 aliphatic rings. The van der Waals surface area contributed by atoms with Gasteiger partial charge in [-0.15, -0.1) is 0 Å². The molecule has 0 atom stereocenters. The maximum Gasteiger partial charge on any atom is 0.145 e. The van der Waals surface area contributed by atoms with Crippen molar-refractivity contribution in [2.75, 3.05) is 0 Å². The maximum absolute atomic E-state index is 5.52. The van der Waals surface area contributed by atoms with E-state index in [0.29, 0.717) is 0 Å². The molecule has 4 heteroatoms. The Kier molecular flexibility index (Phi) is 11.9. The van der Waals surface area contributed by atoms with Gasteiger partial charge in [-0.05, 0) is 193 Å². The summed E-state index contributed by atoms with van der Waals surface area (Å²) in [7, 11) is 0. The van der Waals surface area contributed by atoms with Crippen molar-refractivity contribution in [1.29, 1.82) is 0 Å². The van der Waals surface area contributed by atoms with Crippen LogP contribution in [-0.4, -0.2) is 19.1 Å². The fourth-order valence-corrected chi connectivity index (χ4v) is 14.3. The molecule has 0 amide bonds. The van der Waals surface area contributed by atoms with Crippen LogP contribution in [0.1, 0.15) is 0 Å².